The molecule has 0 bridgehead atoms. The Labute approximate surface area is 151 Å². The first-order chi connectivity index (χ1) is 12.4. The number of nitrogens with one attached hydrogen (secondary N) is 2. The topological polar surface area (TPSA) is 109 Å². The summed E-state index contributed by atoms with van der Waals surface area (Å²) >= 11 is 0. The summed E-state index contributed by atoms with van der Waals surface area (Å²) in [6.07, 6.45) is 0.192. The third-order valence-corrected chi connectivity index (χ3v) is 3.78. The molecule has 3 N–H and O–H groups in total. The van der Waals surface area contributed by atoms with E-state index >= 15 is 0 Å². The number of amides is 2. The van der Waals surface area contributed by atoms with Gasteiger partial charge in [-0.15, -0.1) is 0 Å². The highest BCUT2D eigenvalue weighted by Gasteiger charge is 2.24. The molecule has 0 saturated heterocycles. The van der Waals surface area contributed by atoms with Crippen molar-refractivity contribution in [3.8, 4) is 0 Å². The Morgan fingerprint density at radius 2 is 1.77 bits per heavy atom. The molecule has 2 rings (SSSR count). The zero-order chi connectivity index (χ0) is 19.1. The van der Waals surface area contributed by atoms with Gasteiger partial charge in [0.15, 0.2) is 0 Å². The van der Waals surface area contributed by atoms with E-state index in [0.29, 0.717) is 5.76 Å². The van der Waals surface area contributed by atoms with Gasteiger partial charge in [-0.1, -0.05) is 44.2 Å². The van der Waals surface area contributed by atoms with Gasteiger partial charge >= 0.3 is 5.97 Å². The van der Waals surface area contributed by atoms with Gasteiger partial charge in [0.25, 0.3) is 0 Å². The molecule has 0 spiro atoms. The largest absolute Gasteiger partial charge is 0.475 e. The second-order valence-electron chi connectivity index (χ2n) is 6.24. The minimum absolute atomic E-state index is 0.0455. The van der Waals surface area contributed by atoms with Gasteiger partial charge in [-0.25, -0.2) is 4.79 Å². The van der Waals surface area contributed by atoms with Crippen molar-refractivity contribution in [2.75, 3.05) is 0 Å². The van der Waals surface area contributed by atoms with Crippen LogP contribution in [0.5, 0.6) is 0 Å². The maximum atomic E-state index is 12.4. The number of carbonyl (C=O) groups excluding carboxylic acids is 2. The smallest absolute Gasteiger partial charge is 0.371 e. The fourth-order valence-corrected chi connectivity index (χ4v) is 2.41. The van der Waals surface area contributed by atoms with E-state index in [9.17, 15) is 14.4 Å². The van der Waals surface area contributed by atoms with Crippen LogP contribution in [0.25, 0.3) is 0 Å². The van der Waals surface area contributed by atoms with Crippen LogP contribution < -0.4 is 10.6 Å². The molecule has 7 heteroatoms. The van der Waals surface area contributed by atoms with Gasteiger partial charge in [-0.05, 0) is 23.6 Å². The lowest BCUT2D eigenvalue weighted by atomic mass is 10.0. The van der Waals surface area contributed by atoms with E-state index in [1.165, 1.54) is 12.1 Å². The lowest BCUT2D eigenvalue weighted by molar-refractivity contribution is -0.129. The van der Waals surface area contributed by atoms with Gasteiger partial charge in [0.2, 0.25) is 17.6 Å². The van der Waals surface area contributed by atoms with Crippen LogP contribution in [-0.2, 0) is 22.6 Å². The molecule has 26 heavy (non-hydrogen) atoms. The fourth-order valence-electron chi connectivity index (χ4n) is 2.41. The van der Waals surface area contributed by atoms with Crippen LogP contribution in [0.15, 0.2) is 46.9 Å². The van der Waals surface area contributed by atoms with Crippen LogP contribution >= 0.6 is 0 Å². The lowest BCUT2D eigenvalue weighted by Gasteiger charge is -2.21. The first-order valence-electron chi connectivity index (χ1n) is 8.30. The van der Waals surface area contributed by atoms with Gasteiger partial charge in [0, 0.05) is 0 Å². The SMILES string of the molecule is CC(C)C(NC(=O)Cc1ccccc1)C(=O)NCc1ccc(C(=O)O)o1. The van der Waals surface area contributed by atoms with Crippen molar-refractivity contribution < 1.29 is 23.9 Å². The lowest BCUT2D eigenvalue weighted by Crippen LogP contribution is -2.49. The average Bonchev–Trinajstić information content (AvgIpc) is 3.07. The molecule has 2 amide bonds. The van der Waals surface area contributed by atoms with E-state index in [1.54, 1.807) is 0 Å². The standard InChI is InChI=1S/C19H22N2O5/c1-12(2)17(21-16(22)10-13-6-4-3-5-7-13)18(23)20-11-14-8-9-15(26-14)19(24)25/h3-9,12,17H,10-11H2,1-2H3,(H,20,23)(H,21,22)(H,24,25). The molecule has 1 atom stereocenters. The number of furan rings is 1. The number of rotatable bonds is 8. The predicted octanol–water partition coefficient (Wildman–Crippen LogP) is 1.98. The van der Waals surface area contributed by atoms with Crippen molar-refractivity contribution in [1.29, 1.82) is 0 Å². The van der Waals surface area contributed by atoms with Crippen molar-refractivity contribution in [1.82, 2.24) is 10.6 Å². The third kappa shape index (κ3) is 5.47. The van der Waals surface area contributed by atoms with Crippen molar-refractivity contribution >= 4 is 17.8 Å². The Kier molecular flexibility index (Phi) is 6.54. The number of carboxylic acids is 1. The number of hydrogen-bond donors (Lipinski definition) is 3. The molecule has 1 aromatic carbocycles. The van der Waals surface area contributed by atoms with Gasteiger partial charge in [0.1, 0.15) is 11.8 Å². The van der Waals surface area contributed by atoms with E-state index < -0.39 is 12.0 Å². The molecule has 0 fully saturated rings. The predicted molar refractivity (Wildman–Crippen MR) is 94.4 cm³/mol. The minimum atomic E-state index is -1.17. The monoisotopic (exact) mass is 358 g/mol. The number of carbonyl (C=O) groups is 3. The van der Waals surface area contributed by atoms with E-state index in [4.69, 9.17) is 9.52 Å². The summed E-state index contributed by atoms with van der Waals surface area (Å²) in [5.41, 5.74) is 0.865. The molecule has 0 aliphatic heterocycles. The Hall–Kier alpha value is -3.09. The molecule has 2 aromatic rings. The molecule has 7 nitrogen and oxygen atoms in total. The molecule has 0 saturated carbocycles. The summed E-state index contributed by atoms with van der Waals surface area (Å²) in [4.78, 5) is 35.4. The quantitative estimate of drug-likeness (QED) is 0.669. The highest BCUT2D eigenvalue weighted by atomic mass is 16.4. The van der Waals surface area contributed by atoms with Crippen LogP contribution in [0.3, 0.4) is 0 Å². The van der Waals surface area contributed by atoms with Crippen molar-refractivity contribution in [2.24, 2.45) is 5.92 Å². The molecule has 0 aliphatic carbocycles. The normalized spacial score (nSPS) is 11.8. The number of aromatic carboxylic acids is 1. The van der Waals surface area contributed by atoms with Crippen molar-refractivity contribution in [2.45, 2.75) is 32.9 Å². The summed E-state index contributed by atoms with van der Waals surface area (Å²) in [7, 11) is 0. The minimum Gasteiger partial charge on any atom is -0.475 e. The molecular weight excluding hydrogens is 336 g/mol. The molecule has 0 aliphatic rings. The first kappa shape index (κ1) is 19.2. The number of hydrogen-bond acceptors (Lipinski definition) is 4. The summed E-state index contributed by atoms with van der Waals surface area (Å²) < 4.78 is 5.09. The summed E-state index contributed by atoms with van der Waals surface area (Å²) in [6, 6.07) is 11.4. The highest BCUT2D eigenvalue weighted by Crippen LogP contribution is 2.09. The number of benzene rings is 1. The second-order valence-corrected chi connectivity index (χ2v) is 6.24. The van der Waals surface area contributed by atoms with Gasteiger partial charge < -0.3 is 20.2 Å². The van der Waals surface area contributed by atoms with Crippen LogP contribution in [0.2, 0.25) is 0 Å². The molecular formula is C19H22N2O5. The highest BCUT2D eigenvalue weighted by molar-refractivity contribution is 5.88. The zero-order valence-corrected chi connectivity index (χ0v) is 14.7. The molecule has 138 valence electrons. The van der Waals surface area contributed by atoms with E-state index in [0.717, 1.165) is 5.56 Å². The van der Waals surface area contributed by atoms with Crippen LogP contribution in [-0.4, -0.2) is 28.9 Å². The maximum absolute atomic E-state index is 12.4. The van der Waals surface area contributed by atoms with E-state index in [1.807, 2.05) is 44.2 Å². The second kappa shape index (κ2) is 8.84. The summed E-state index contributed by atoms with van der Waals surface area (Å²) in [5.74, 6) is -1.73. The summed E-state index contributed by atoms with van der Waals surface area (Å²) in [5, 5.41) is 14.2. The van der Waals surface area contributed by atoms with Crippen LogP contribution in [0.4, 0.5) is 0 Å². The van der Waals surface area contributed by atoms with Gasteiger partial charge in [-0.3, -0.25) is 9.59 Å². The molecule has 1 unspecified atom stereocenters. The molecule has 1 heterocycles. The Balaban J connectivity index is 1.91. The van der Waals surface area contributed by atoms with Crippen LogP contribution in [0, 0.1) is 5.92 Å². The third-order valence-electron chi connectivity index (χ3n) is 3.78. The Morgan fingerprint density at radius 3 is 2.35 bits per heavy atom. The van der Waals surface area contributed by atoms with Gasteiger partial charge in [-0.2, -0.15) is 0 Å². The average molecular weight is 358 g/mol. The molecule has 0 radical (unpaired) electrons. The van der Waals surface area contributed by atoms with Gasteiger partial charge in [0.05, 0.1) is 13.0 Å². The van der Waals surface area contributed by atoms with Crippen molar-refractivity contribution in [3.05, 3.63) is 59.5 Å². The Morgan fingerprint density at radius 1 is 1.08 bits per heavy atom. The zero-order valence-electron chi connectivity index (χ0n) is 14.7. The van der Waals surface area contributed by atoms with Crippen molar-refractivity contribution in [3.63, 3.8) is 0 Å². The number of carboxylic acid groups (broad SMARTS) is 1. The fraction of sp³-hybridized carbons (Fsp3) is 0.316. The first-order valence-corrected chi connectivity index (χ1v) is 8.30. The van der Waals surface area contributed by atoms with E-state index in [2.05, 4.69) is 10.6 Å². The van der Waals surface area contributed by atoms with Crippen LogP contribution in [0.1, 0.15) is 35.7 Å². The maximum Gasteiger partial charge on any atom is 0.371 e. The van der Waals surface area contributed by atoms with E-state index in [-0.39, 0.29) is 36.5 Å². The summed E-state index contributed by atoms with van der Waals surface area (Å²) in [6.45, 7) is 3.72. The molecule has 1 aromatic heterocycles. The Bertz CT molecular complexity index is 767.